The van der Waals surface area contributed by atoms with Crippen molar-refractivity contribution in [1.29, 1.82) is 0 Å². The Morgan fingerprint density at radius 1 is 0.870 bits per heavy atom. The Bertz CT molecular complexity index is 2190. The van der Waals surface area contributed by atoms with E-state index in [4.69, 9.17) is 19.3 Å². The number of ether oxygens (including phenoxy) is 3. The monoisotopic (exact) mass is 740 g/mol. The molecule has 1 aliphatic heterocycles. The molecular formula is C42H43F3N4O5. The molecule has 0 unspecified atom stereocenters. The highest BCUT2D eigenvalue weighted by Crippen LogP contribution is 2.35. The molecule has 9 nitrogen and oxygen atoms in total. The highest BCUT2D eigenvalue weighted by Gasteiger charge is 2.29. The second-order valence-corrected chi connectivity index (χ2v) is 15.1. The molecule has 7 rings (SSSR count). The molecule has 2 heterocycles. The molecule has 5 aromatic rings. The van der Waals surface area contributed by atoms with E-state index >= 15 is 0 Å². The zero-order valence-corrected chi connectivity index (χ0v) is 30.8. The lowest BCUT2D eigenvalue weighted by Gasteiger charge is -2.28. The van der Waals surface area contributed by atoms with Gasteiger partial charge in [-0.2, -0.15) is 9.49 Å². The van der Waals surface area contributed by atoms with Crippen molar-refractivity contribution in [3.05, 3.63) is 113 Å². The smallest absolute Gasteiger partial charge is 0.410 e. The van der Waals surface area contributed by atoms with Crippen LogP contribution in [0, 0.1) is 23.4 Å². The van der Waals surface area contributed by atoms with Gasteiger partial charge in [0.1, 0.15) is 18.0 Å². The standard InChI is InChI=1S/C42H43F3N4O5/c1-42(2,3)54-41(51)48-21-29-11-9-27(17-31(29)22-48)28-10-12-30-23-49(47-36(30)18-28)32-13-5-25(6-14-32)20-46-40(50)34-19-35(43)39(38(45)37(34)44)53-24-26-7-15-33(52-4)16-8-26/h7-12,15-19,23,25,32H,5-6,13-14,20-22,24H2,1-4H3,(H,46,50). The lowest BCUT2D eigenvalue weighted by atomic mass is 9.86. The molecule has 2 aliphatic rings. The molecule has 0 spiro atoms. The molecule has 1 aliphatic carbocycles. The van der Waals surface area contributed by atoms with Gasteiger partial charge in [0, 0.05) is 31.2 Å². The van der Waals surface area contributed by atoms with Gasteiger partial charge in [0.05, 0.1) is 24.2 Å². The summed E-state index contributed by atoms with van der Waals surface area (Å²) in [5, 5.41) is 8.62. The van der Waals surface area contributed by atoms with Crippen molar-refractivity contribution in [3.63, 3.8) is 0 Å². The number of fused-ring (bicyclic) bond motifs is 2. The molecule has 0 radical (unpaired) electrons. The van der Waals surface area contributed by atoms with Gasteiger partial charge in [0.2, 0.25) is 5.82 Å². The fourth-order valence-corrected chi connectivity index (χ4v) is 7.13. The first-order chi connectivity index (χ1) is 25.8. The molecule has 2 amide bonds. The topological polar surface area (TPSA) is 94.9 Å². The molecule has 282 valence electrons. The van der Waals surface area contributed by atoms with Gasteiger partial charge in [-0.05, 0) is 111 Å². The minimum Gasteiger partial charge on any atom is -0.497 e. The maximum atomic E-state index is 14.9. The summed E-state index contributed by atoms with van der Waals surface area (Å²) < 4.78 is 62.5. The first-order valence-electron chi connectivity index (χ1n) is 18.2. The zero-order valence-electron chi connectivity index (χ0n) is 30.8. The number of carbonyl (C=O) groups excluding carboxylic acids is 2. The van der Waals surface area contributed by atoms with Crippen LogP contribution in [-0.4, -0.2) is 45.9 Å². The van der Waals surface area contributed by atoms with Crippen LogP contribution in [0.4, 0.5) is 18.0 Å². The van der Waals surface area contributed by atoms with Gasteiger partial charge in [-0.15, -0.1) is 0 Å². The van der Waals surface area contributed by atoms with Crippen molar-refractivity contribution < 1.29 is 37.0 Å². The van der Waals surface area contributed by atoms with E-state index in [1.807, 2.05) is 25.5 Å². The average Bonchev–Trinajstić information content (AvgIpc) is 3.79. The number of rotatable bonds is 9. The predicted molar refractivity (Wildman–Crippen MR) is 198 cm³/mol. The maximum absolute atomic E-state index is 14.9. The third-order valence-corrected chi connectivity index (χ3v) is 10.1. The number of amides is 2. The molecule has 0 bridgehead atoms. The SMILES string of the molecule is COc1ccc(COc2c(F)cc(C(=O)NCC3CCC(n4cc5ccc(-c6ccc7c(c6)CN(C(=O)OC(C)(C)C)C7)cc5n4)CC3)c(F)c2F)cc1. The number of aromatic nitrogens is 2. The Morgan fingerprint density at radius 3 is 2.30 bits per heavy atom. The molecule has 1 saturated carbocycles. The maximum Gasteiger partial charge on any atom is 0.410 e. The summed E-state index contributed by atoms with van der Waals surface area (Å²) in [7, 11) is 1.52. The van der Waals surface area contributed by atoms with Crippen LogP contribution in [0.2, 0.25) is 0 Å². The zero-order chi connectivity index (χ0) is 38.1. The summed E-state index contributed by atoms with van der Waals surface area (Å²) in [5.74, 6) is -5.20. The van der Waals surface area contributed by atoms with Gasteiger partial charge < -0.3 is 19.5 Å². The lowest BCUT2D eigenvalue weighted by molar-refractivity contribution is 0.0241. The molecule has 0 saturated heterocycles. The van der Waals surface area contributed by atoms with E-state index in [9.17, 15) is 22.8 Å². The van der Waals surface area contributed by atoms with E-state index in [0.717, 1.165) is 58.8 Å². The van der Waals surface area contributed by atoms with Crippen LogP contribution < -0.4 is 14.8 Å². The number of hydrogen-bond donors (Lipinski definition) is 1. The number of halogens is 3. The molecule has 1 aromatic heterocycles. The van der Waals surface area contributed by atoms with Gasteiger partial charge >= 0.3 is 6.09 Å². The Labute approximate surface area is 312 Å². The fourth-order valence-electron chi connectivity index (χ4n) is 7.13. The number of nitrogens with zero attached hydrogens (tertiary/aromatic N) is 3. The highest BCUT2D eigenvalue weighted by atomic mass is 19.2. The van der Waals surface area contributed by atoms with E-state index in [-0.39, 0.29) is 31.2 Å². The molecule has 12 heteroatoms. The van der Waals surface area contributed by atoms with Crippen molar-refractivity contribution in [2.75, 3.05) is 13.7 Å². The Balaban J connectivity index is 0.924. The van der Waals surface area contributed by atoms with E-state index in [1.165, 1.54) is 7.11 Å². The second-order valence-electron chi connectivity index (χ2n) is 15.1. The Morgan fingerprint density at radius 2 is 1.57 bits per heavy atom. The number of benzene rings is 4. The second kappa shape index (κ2) is 15.1. The van der Waals surface area contributed by atoms with Crippen LogP contribution in [0.5, 0.6) is 11.5 Å². The van der Waals surface area contributed by atoms with E-state index in [1.54, 1.807) is 29.2 Å². The quantitative estimate of drug-likeness (QED) is 0.152. The molecule has 54 heavy (non-hydrogen) atoms. The summed E-state index contributed by atoms with van der Waals surface area (Å²) in [6.07, 6.45) is 5.00. The van der Waals surface area contributed by atoms with E-state index in [2.05, 4.69) is 47.9 Å². The molecule has 1 N–H and O–H groups in total. The summed E-state index contributed by atoms with van der Waals surface area (Å²) in [6.45, 7) is 6.67. The number of nitrogens with one attached hydrogen (secondary N) is 1. The van der Waals surface area contributed by atoms with Gasteiger partial charge in [0.25, 0.3) is 5.91 Å². The van der Waals surface area contributed by atoms with Crippen molar-refractivity contribution in [2.24, 2.45) is 5.92 Å². The van der Waals surface area contributed by atoms with Crippen LogP contribution >= 0.6 is 0 Å². The highest BCUT2D eigenvalue weighted by molar-refractivity contribution is 5.94. The minimum atomic E-state index is -1.55. The number of carbonyl (C=O) groups is 2. The molecule has 0 atom stereocenters. The van der Waals surface area contributed by atoms with Gasteiger partial charge in [-0.25, -0.2) is 13.6 Å². The summed E-state index contributed by atoms with van der Waals surface area (Å²) in [4.78, 5) is 27.2. The lowest BCUT2D eigenvalue weighted by Crippen LogP contribution is -2.33. The van der Waals surface area contributed by atoms with Gasteiger partial charge in [-0.3, -0.25) is 14.4 Å². The molecule has 4 aromatic carbocycles. The summed E-state index contributed by atoms with van der Waals surface area (Å²) in [5.41, 5.74) is 4.54. The van der Waals surface area contributed by atoms with E-state index < -0.39 is 40.3 Å². The summed E-state index contributed by atoms with van der Waals surface area (Å²) >= 11 is 0. The first kappa shape index (κ1) is 36.8. The van der Waals surface area contributed by atoms with Crippen LogP contribution in [0.15, 0.2) is 72.9 Å². The average molecular weight is 741 g/mol. The van der Waals surface area contributed by atoms with Gasteiger partial charge in [0.15, 0.2) is 17.4 Å². The first-order valence-corrected chi connectivity index (χ1v) is 18.2. The van der Waals surface area contributed by atoms with Gasteiger partial charge in [-0.1, -0.05) is 36.4 Å². The van der Waals surface area contributed by atoms with Crippen LogP contribution in [0.1, 0.15) is 79.5 Å². The molecular weight excluding hydrogens is 697 g/mol. The number of hydrogen-bond acceptors (Lipinski definition) is 6. The molecule has 1 fully saturated rings. The third kappa shape index (κ3) is 8.02. The van der Waals surface area contributed by atoms with Crippen LogP contribution in [0.25, 0.3) is 22.0 Å². The fraction of sp³-hybridized carbons (Fsp3) is 0.357. The van der Waals surface area contributed by atoms with Crippen LogP contribution in [-0.2, 0) is 24.4 Å². The Hall–Kier alpha value is -5.52. The normalized spacial score (nSPS) is 17.0. The third-order valence-electron chi connectivity index (χ3n) is 10.1. The largest absolute Gasteiger partial charge is 0.497 e. The minimum absolute atomic E-state index is 0.123. The Kier molecular flexibility index (Phi) is 10.3. The van der Waals surface area contributed by atoms with Crippen molar-refractivity contribution in [3.8, 4) is 22.6 Å². The van der Waals surface area contributed by atoms with Crippen molar-refractivity contribution >= 4 is 22.9 Å². The van der Waals surface area contributed by atoms with E-state index in [0.29, 0.717) is 30.5 Å². The van der Waals surface area contributed by atoms with Crippen molar-refractivity contribution in [1.82, 2.24) is 20.0 Å². The predicted octanol–water partition coefficient (Wildman–Crippen LogP) is 9.12. The summed E-state index contributed by atoms with van der Waals surface area (Å²) in [6, 6.07) is 20.0. The number of methoxy groups -OCH3 is 1. The van der Waals surface area contributed by atoms with Crippen molar-refractivity contribution in [2.45, 2.75) is 77.8 Å². The van der Waals surface area contributed by atoms with Crippen LogP contribution in [0.3, 0.4) is 0 Å².